The molecule has 4 nitrogen and oxygen atoms in total. The zero-order valence-electron chi connectivity index (χ0n) is 12.6. The van der Waals surface area contributed by atoms with Crippen LogP contribution >= 0.6 is 11.8 Å². The highest BCUT2D eigenvalue weighted by molar-refractivity contribution is 8.13. The molecule has 5 heteroatoms. The molecule has 0 aliphatic heterocycles. The van der Waals surface area contributed by atoms with E-state index in [9.17, 15) is 9.59 Å². The summed E-state index contributed by atoms with van der Waals surface area (Å²) in [6.45, 7) is 3.97. The van der Waals surface area contributed by atoms with Crippen molar-refractivity contribution in [2.75, 3.05) is 12.4 Å². The molecule has 22 heavy (non-hydrogen) atoms. The summed E-state index contributed by atoms with van der Waals surface area (Å²) in [5.74, 6) is 0.244. The summed E-state index contributed by atoms with van der Waals surface area (Å²) < 4.78 is 6.62. The molecule has 0 spiro atoms. The second-order valence-corrected chi connectivity index (χ2v) is 5.64. The molecule has 0 saturated heterocycles. The standard InChI is InChI=1S/C17H18NO3S/c1-3-21-16(19)14-11-8-12-18(17(20)22-4-2)15(14)13-9-6-5-7-10-13/h5-12H,3-4H2,1-2H3/q+1. The van der Waals surface area contributed by atoms with Crippen molar-refractivity contribution in [3.05, 3.63) is 54.2 Å². The van der Waals surface area contributed by atoms with Crippen molar-refractivity contribution >= 4 is 23.0 Å². The van der Waals surface area contributed by atoms with Crippen molar-refractivity contribution in [2.24, 2.45) is 0 Å². The minimum Gasteiger partial charge on any atom is -0.462 e. The van der Waals surface area contributed by atoms with Crippen LogP contribution < -0.4 is 4.57 Å². The molecule has 2 aromatic rings. The molecule has 0 atom stereocenters. The Morgan fingerprint density at radius 2 is 1.82 bits per heavy atom. The van der Waals surface area contributed by atoms with Crippen LogP contribution in [-0.2, 0) is 4.74 Å². The second-order valence-electron chi connectivity index (χ2n) is 4.43. The van der Waals surface area contributed by atoms with E-state index in [0.29, 0.717) is 23.6 Å². The zero-order chi connectivity index (χ0) is 15.9. The van der Waals surface area contributed by atoms with Gasteiger partial charge >= 0.3 is 11.2 Å². The molecule has 2 rings (SSSR count). The molecule has 0 saturated carbocycles. The van der Waals surface area contributed by atoms with Crippen LogP contribution in [0, 0.1) is 0 Å². The van der Waals surface area contributed by atoms with E-state index in [0.717, 1.165) is 5.56 Å². The van der Waals surface area contributed by atoms with Gasteiger partial charge in [0.1, 0.15) is 5.56 Å². The number of esters is 1. The van der Waals surface area contributed by atoms with Crippen LogP contribution in [0.2, 0.25) is 0 Å². The Morgan fingerprint density at radius 1 is 1.09 bits per heavy atom. The predicted molar refractivity (Wildman–Crippen MR) is 87.0 cm³/mol. The van der Waals surface area contributed by atoms with Crippen molar-refractivity contribution in [3.8, 4) is 11.3 Å². The van der Waals surface area contributed by atoms with Gasteiger partial charge in [-0.25, -0.2) is 9.59 Å². The summed E-state index contributed by atoms with van der Waals surface area (Å²) in [7, 11) is 0. The van der Waals surface area contributed by atoms with E-state index < -0.39 is 5.97 Å². The van der Waals surface area contributed by atoms with E-state index in [-0.39, 0.29) is 5.24 Å². The Labute approximate surface area is 134 Å². The van der Waals surface area contributed by atoms with Gasteiger partial charge in [-0.05, 0) is 36.9 Å². The average molecular weight is 316 g/mol. The summed E-state index contributed by atoms with van der Waals surface area (Å²) in [5, 5.41) is -0.118. The van der Waals surface area contributed by atoms with Gasteiger partial charge < -0.3 is 4.74 Å². The van der Waals surface area contributed by atoms with Gasteiger partial charge in [0, 0.05) is 17.4 Å². The van der Waals surface area contributed by atoms with Crippen LogP contribution in [0.1, 0.15) is 24.2 Å². The van der Waals surface area contributed by atoms with Gasteiger partial charge in [0.25, 0.3) is 0 Å². The summed E-state index contributed by atoms with van der Waals surface area (Å²) in [6.07, 6.45) is 1.68. The Morgan fingerprint density at radius 3 is 2.45 bits per heavy atom. The van der Waals surface area contributed by atoms with Gasteiger partial charge in [0.15, 0.2) is 6.20 Å². The van der Waals surface area contributed by atoms with Crippen LogP contribution in [0.4, 0.5) is 4.79 Å². The van der Waals surface area contributed by atoms with E-state index in [1.54, 1.807) is 25.3 Å². The Kier molecular flexibility index (Phi) is 5.72. The molecule has 1 aromatic carbocycles. The lowest BCUT2D eigenvalue weighted by molar-refractivity contribution is -0.549. The monoisotopic (exact) mass is 316 g/mol. The van der Waals surface area contributed by atoms with Crippen molar-refractivity contribution in [3.63, 3.8) is 0 Å². The summed E-state index contributed by atoms with van der Waals surface area (Å²) in [5.41, 5.74) is 1.75. The third-order valence-corrected chi connectivity index (χ3v) is 3.73. The fourth-order valence-electron chi connectivity index (χ4n) is 2.12. The minimum atomic E-state index is -0.426. The van der Waals surface area contributed by atoms with Gasteiger partial charge in [0.05, 0.1) is 6.61 Å². The lowest BCUT2D eigenvalue weighted by Gasteiger charge is -2.07. The van der Waals surface area contributed by atoms with Crippen LogP contribution in [-0.4, -0.2) is 23.6 Å². The molecule has 0 radical (unpaired) electrons. The topological polar surface area (TPSA) is 47.2 Å². The number of nitrogens with zero attached hydrogens (tertiary/aromatic N) is 1. The lowest BCUT2D eigenvalue weighted by atomic mass is 10.1. The van der Waals surface area contributed by atoms with Crippen LogP contribution in [0.15, 0.2) is 48.7 Å². The van der Waals surface area contributed by atoms with Gasteiger partial charge in [-0.2, -0.15) is 0 Å². The van der Waals surface area contributed by atoms with E-state index in [1.165, 1.54) is 16.3 Å². The summed E-state index contributed by atoms with van der Waals surface area (Å²) in [6, 6.07) is 12.8. The zero-order valence-corrected chi connectivity index (χ0v) is 13.4. The molecule has 1 heterocycles. The van der Waals surface area contributed by atoms with Gasteiger partial charge in [-0.15, -0.1) is 4.57 Å². The number of ether oxygens (including phenoxy) is 1. The third kappa shape index (κ3) is 3.54. The maximum atomic E-state index is 12.3. The highest BCUT2D eigenvalue weighted by Gasteiger charge is 2.28. The normalized spacial score (nSPS) is 10.3. The summed E-state index contributed by atoms with van der Waals surface area (Å²) in [4.78, 5) is 24.6. The first-order chi connectivity index (χ1) is 10.7. The third-order valence-electron chi connectivity index (χ3n) is 3.00. The highest BCUT2D eigenvalue weighted by atomic mass is 32.2. The Hall–Kier alpha value is -2.14. The van der Waals surface area contributed by atoms with Gasteiger partial charge in [-0.3, -0.25) is 0 Å². The molecular formula is C17H18NO3S+. The first kappa shape index (κ1) is 16.2. The SMILES string of the molecule is CCOC(=O)c1ccc[n+](C(=O)SCC)c1-c1ccccc1. The maximum absolute atomic E-state index is 12.3. The number of rotatable bonds is 4. The fourth-order valence-corrected chi connectivity index (χ4v) is 2.66. The van der Waals surface area contributed by atoms with E-state index in [1.807, 2.05) is 37.3 Å². The maximum Gasteiger partial charge on any atom is 0.454 e. The van der Waals surface area contributed by atoms with Crippen molar-refractivity contribution in [2.45, 2.75) is 13.8 Å². The van der Waals surface area contributed by atoms with Crippen molar-refractivity contribution in [1.82, 2.24) is 0 Å². The van der Waals surface area contributed by atoms with Crippen molar-refractivity contribution in [1.29, 1.82) is 0 Å². The second kappa shape index (κ2) is 7.75. The molecule has 0 amide bonds. The average Bonchev–Trinajstić information content (AvgIpc) is 2.55. The molecular weight excluding hydrogens is 298 g/mol. The smallest absolute Gasteiger partial charge is 0.454 e. The molecule has 114 valence electrons. The first-order valence-electron chi connectivity index (χ1n) is 7.13. The lowest BCUT2D eigenvalue weighted by Crippen LogP contribution is -2.43. The molecule has 0 unspecified atom stereocenters. The number of hydrogen-bond donors (Lipinski definition) is 0. The summed E-state index contributed by atoms with van der Waals surface area (Å²) >= 11 is 1.20. The van der Waals surface area contributed by atoms with Crippen LogP contribution in [0.5, 0.6) is 0 Å². The molecule has 0 bridgehead atoms. The number of thioether (sulfide) groups is 1. The molecule has 0 aliphatic rings. The highest BCUT2D eigenvalue weighted by Crippen LogP contribution is 2.21. The molecule has 0 aliphatic carbocycles. The van der Waals surface area contributed by atoms with E-state index >= 15 is 0 Å². The van der Waals surface area contributed by atoms with E-state index in [2.05, 4.69) is 0 Å². The van der Waals surface area contributed by atoms with Gasteiger partial charge in [-0.1, -0.05) is 25.1 Å². The molecule has 0 N–H and O–H groups in total. The Bertz CT molecular complexity index is 635. The van der Waals surface area contributed by atoms with Crippen molar-refractivity contribution < 1.29 is 18.9 Å². The number of pyridine rings is 1. The fraction of sp³-hybridized carbons (Fsp3) is 0.235. The number of hydrogen-bond acceptors (Lipinski definition) is 4. The quantitative estimate of drug-likeness (QED) is 0.639. The number of carbonyl (C=O) groups excluding carboxylic acids is 2. The largest absolute Gasteiger partial charge is 0.462 e. The molecule has 0 fully saturated rings. The predicted octanol–water partition coefficient (Wildman–Crippen LogP) is 3.54. The molecule has 1 aromatic heterocycles. The minimum absolute atomic E-state index is 0.118. The number of benzene rings is 1. The number of aromatic nitrogens is 1. The first-order valence-corrected chi connectivity index (χ1v) is 8.12. The number of carbonyl (C=O) groups is 2. The van der Waals surface area contributed by atoms with Crippen LogP contribution in [0.3, 0.4) is 0 Å². The van der Waals surface area contributed by atoms with E-state index in [4.69, 9.17) is 4.74 Å². The van der Waals surface area contributed by atoms with Crippen LogP contribution in [0.25, 0.3) is 11.3 Å². The Balaban J connectivity index is 2.62. The van der Waals surface area contributed by atoms with Gasteiger partial charge in [0.2, 0.25) is 5.69 Å².